The Labute approximate surface area is 526 Å². The van der Waals surface area contributed by atoms with Gasteiger partial charge in [-0.15, -0.1) is 41.4 Å². The predicted octanol–water partition coefficient (Wildman–Crippen LogP) is 9.69. The Hall–Kier alpha value is -4.88. The molecular weight excluding hydrogens is 1190 g/mol. The molecule has 3 N–H and O–H groups in total. The summed E-state index contributed by atoms with van der Waals surface area (Å²) in [5.41, 5.74) is 5.80. The van der Waals surface area contributed by atoms with Gasteiger partial charge in [0.15, 0.2) is 21.9 Å². The lowest BCUT2D eigenvalue weighted by Gasteiger charge is -2.62. The molecule has 2 amide bonds. The van der Waals surface area contributed by atoms with Gasteiger partial charge in [0.05, 0.1) is 18.1 Å². The number of fused-ring (bicyclic) bond motifs is 3. The van der Waals surface area contributed by atoms with Crippen LogP contribution in [-0.4, -0.2) is 138 Å². The fourth-order valence-corrected chi connectivity index (χ4v) is 20.1. The molecule has 4 aliphatic heterocycles. The molecule has 10 rings (SSSR count). The number of hydrogen-bond donors (Lipinski definition) is 2. The fraction of sp³-hybridized carbons (Fsp3) is 0.661. The Bertz CT molecular complexity index is 3070. The number of thiazole rings is 1. The molecule has 12 atom stereocenters. The number of anilines is 1. The molecular formula is C62H84N9O10S5+. The molecule has 7 heterocycles. The Kier molecular flexibility index (Phi) is 20.5. The van der Waals surface area contributed by atoms with Crippen molar-refractivity contribution in [1.82, 2.24) is 29.5 Å². The zero-order valence-corrected chi connectivity index (χ0v) is 54.7. The minimum Gasteiger partial charge on any atom is -0.461 e. The molecule has 19 nitrogen and oxygen atoms in total. The van der Waals surface area contributed by atoms with Crippen LogP contribution in [0.4, 0.5) is 5.13 Å². The third kappa shape index (κ3) is 13.2. The molecule has 3 aromatic heterocycles. The number of amides is 2. The number of ketones is 1. The lowest BCUT2D eigenvalue weighted by atomic mass is 9.44. The summed E-state index contributed by atoms with van der Waals surface area (Å²) >= 11 is 6.82. The van der Waals surface area contributed by atoms with E-state index in [-0.39, 0.29) is 88.6 Å². The highest BCUT2D eigenvalue weighted by Gasteiger charge is 2.69. The van der Waals surface area contributed by atoms with Crippen molar-refractivity contribution in [2.24, 2.45) is 46.2 Å². The molecule has 3 saturated carbocycles. The van der Waals surface area contributed by atoms with Crippen molar-refractivity contribution in [3.63, 3.8) is 0 Å². The number of hydrogen-bond acceptors (Lipinski definition) is 21. The molecule has 24 heteroatoms. The van der Waals surface area contributed by atoms with Crippen molar-refractivity contribution in [2.75, 3.05) is 37.5 Å². The highest BCUT2D eigenvalue weighted by atomic mass is 32.2. The van der Waals surface area contributed by atoms with E-state index in [1.807, 2.05) is 47.6 Å². The van der Waals surface area contributed by atoms with Crippen LogP contribution in [0.3, 0.4) is 0 Å². The summed E-state index contributed by atoms with van der Waals surface area (Å²) in [6.07, 6.45) is 18.7. The lowest BCUT2D eigenvalue weighted by molar-refractivity contribution is -0.671. The van der Waals surface area contributed by atoms with E-state index in [1.165, 1.54) is 52.6 Å². The lowest BCUT2D eigenvalue weighted by Crippen LogP contribution is -2.71. The van der Waals surface area contributed by atoms with Crippen molar-refractivity contribution in [2.45, 2.75) is 189 Å². The third-order valence-corrected chi connectivity index (χ3v) is 25.4. The maximum Gasteiger partial charge on any atom is 0.355 e. The van der Waals surface area contributed by atoms with E-state index in [0.29, 0.717) is 58.0 Å². The molecule has 6 unspecified atom stereocenters. The quantitative estimate of drug-likeness (QED) is 0.0117. The number of β-lactam (4-membered cyclic amide) rings is 1. The number of esters is 3. The second-order valence-corrected chi connectivity index (χ2v) is 30.5. The number of aryl methyl sites for hydroxylation is 1. The normalized spacial score (nSPS) is 31.5. The van der Waals surface area contributed by atoms with Crippen LogP contribution in [0.2, 0.25) is 0 Å². The Morgan fingerprint density at radius 2 is 1.70 bits per heavy atom. The van der Waals surface area contributed by atoms with E-state index in [4.69, 9.17) is 29.8 Å². The first-order valence-corrected chi connectivity index (χ1v) is 35.3. The van der Waals surface area contributed by atoms with Gasteiger partial charge in [0, 0.05) is 98.1 Å². The Morgan fingerprint density at radius 1 is 0.977 bits per heavy atom. The molecule has 3 saturated heterocycles. The zero-order chi connectivity index (χ0) is 61.1. The number of nitrogens with one attached hydrogen (secondary N) is 1. The van der Waals surface area contributed by atoms with Gasteiger partial charge in [0.25, 0.3) is 11.8 Å². The van der Waals surface area contributed by atoms with Gasteiger partial charge in [-0.1, -0.05) is 82.8 Å². The summed E-state index contributed by atoms with van der Waals surface area (Å²) in [6, 6.07) is 4.16. The summed E-state index contributed by atoms with van der Waals surface area (Å²) < 4.78 is 26.0. The Morgan fingerprint density at radius 3 is 2.40 bits per heavy atom. The van der Waals surface area contributed by atoms with Crippen LogP contribution >= 0.6 is 58.2 Å². The summed E-state index contributed by atoms with van der Waals surface area (Å²) in [6.45, 7) is 15.1. The topological polar surface area (TPSA) is 239 Å². The van der Waals surface area contributed by atoms with Crippen molar-refractivity contribution in [3.05, 3.63) is 59.0 Å². The van der Waals surface area contributed by atoms with Crippen LogP contribution in [0.25, 0.3) is 11.3 Å². The van der Waals surface area contributed by atoms with Gasteiger partial charge in [-0.3, -0.25) is 28.9 Å². The van der Waals surface area contributed by atoms with Crippen molar-refractivity contribution in [1.29, 1.82) is 0 Å². The second-order valence-electron chi connectivity index (χ2n) is 25.1. The fourth-order valence-electron chi connectivity index (χ4n) is 15.0. The second kappa shape index (κ2) is 27.5. The minimum absolute atomic E-state index is 0.0256. The number of thioether (sulfide) groups is 3. The highest BCUT2D eigenvalue weighted by molar-refractivity contribution is 8.07. The smallest absolute Gasteiger partial charge is 0.355 e. The average molecular weight is 1280 g/mol. The number of Topliss-reactive ketones (excluding diaryl/α,β-unsaturated/α-hetero) is 1. The molecule has 0 spiro atoms. The van der Waals surface area contributed by atoms with Crippen LogP contribution in [-0.2, 0) is 54.9 Å². The van der Waals surface area contributed by atoms with Gasteiger partial charge in [0.1, 0.15) is 48.8 Å². The maximum atomic E-state index is 14.3. The minimum atomic E-state index is -0.977. The number of aromatic nitrogens is 4. The molecule has 466 valence electrons. The van der Waals surface area contributed by atoms with Gasteiger partial charge < -0.3 is 35.0 Å². The number of pyridine rings is 1. The summed E-state index contributed by atoms with van der Waals surface area (Å²) in [7, 11) is 4.18. The largest absolute Gasteiger partial charge is 0.461 e. The molecule has 7 aliphatic rings. The number of nitrogens with zero attached hydrogens (tertiary/aromatic N) is 7. The van der Waals surface area contributed by atoms with Gasteiger partial charge in [-0.05, 0) is 89.5 Å². The molecule has 0 radical (unpaired) electrons. The first kappa shape index (κ1) is 64.1. The van der Waals surface area contributed by atoms with E-state index in [2.05, 4.69) is 66.1 Å². The third-order valence-electron chi connectivity index (χ3n) is 20.1. The number of piperidine rings is 1. The van der Waals surface area contributed by atoms with E-state index >= 15 is 0 Å². The molecule has 4 bridgehead atoms. The van der Waals surface area contributed by atoms with Gasteiger partial charge in [0.2, 0.25) is 11.5 Å². The summed E-state index contributed by atoms with van der Waals surface area (Å²) in [4.78, 5) is 103. The van der Waals surface area contributed by atoms with Crippen LogP contribution in [0, 0.1) is 34.0 Å². The van der Waals surface area contributed by atoms with Crippen LogP contribution in [0.1, 0.15) is 150 Å². The molecule has 3 aromatic rings. The number of carbonyl (C=O) groups is 6. The van der Waals surface area contributed by atoms with E-state index in [9.17, 15) is 28.8 Å². The zero-order valence-electron chi connectivity index (χ0n) is 50.6. The van der Waals surface area contributed by atoms with Crippen molar-refractivity contribution in [3.8, 4) is 11.3 Å². The van der Waals surface area contributed by atoms with Gasteiger partial charge in [-0.25, -0.2) is 14.3 Å². The Balaban J connectivity index is 0.712. The molecule has 0 aromatic carbocycles. The number of nitrogen functional groups attached to an aromatic ring is 1. The van der Waals surface area contributed by atoms with Gasteiger partial charge in [-0.2, -0.15) is 9.36 Å². The van der Waals surface area contributed by atoms with Crippen LogP contribution in [0.5, 0.6) is 0 Å². The standard InChI is InChI=1S/C62H83N9O10S5/c1-9-60(5)32-45(80-47(74)35-82-41-30-39-19-20-40(31-41)70(39)8)61(6)36(3)21-25-62(26-22-43(72)51(61)62)37(4)52(60)81-46(73)18-16-14-12-11-13-15-17-29-78-57(77)50-44(85-59-64-42(33-84-59)38-23-27-69(7)28-24-38)34-83-56-49(55(76)71(50)56)65-54(75)48(67-79-10-2)53-66-58(63)86-68-53/h9,23-24,27-28,33,36-37,39-41,45,49,51-52,56H,1,10-22,25-26,29-32,34-35H2,2-8H3,(H2-,63,65,66,68,75)/p+1/b67-48-/t36?,37-,39?,40?,41?,45+,49-,51?,52-,56?,60+,61-,62?/m1/s1. The monoisotopic (exact) mass is 1270 g/mol. The van der Waals surface area contributed by atoms with Crippen molar-refractivity contribution >= 4 is 105 Å². The van der Waals surface area contributed by atoms with Crippen LogP contribution < -0.4 is 15.6 Å². The summed E-state index contributed by atoms with van der Waals surface area (Å²) in [5, 5.41) is 8.61. The highest BCUT2D eigenvalue weighted by Crippen LogP contribution is 2.68. The van der Waals surface area contributed by atoms with Crippen LogP contribution in [0.15, 0.2) is 62.7 Å². The van der Waals surface area contributed by atoms with E-state index in [1.54, 1.807) is 18.7 Å². The first-order chi connectivity index (χ1) is 41.3. The molecule has 3 aliphatic carbocycles. The average Bonchev–Trinajstić information content (AvgIpc) is 1.33. The summed E-state index contributed by atoms with van der Waals surface area (Å²) in [5.74, 6) is -1.68. The van der Waals surface area contributed by atoms with Crippen molar-refractivity contribution < 1.29 is 52.4 Å². The van der Waals surface area contributed by atoms with Gasteiger partial charge >= 0.3 is 17.9 Å². The number of unbranched alkanes of at least 4 members (excludes halogenated alkanes) is 6. The molecule has 86 heavy (non-hydrogen) atoms. The van der Waals surface area contributed by atoms with E-state index in [0.717, 1.165) is 87.0 Å². The molecule has 6 fully saturated rings. The number of oxime groups is 1. The number of ether oxygens (including phenoxy) is 3. The number of nitrogens with two attached hydrogens (primary N) is 1. The predicted molar refractivity (Wildman–Crippen MR) is 336 cm³/mol. The maximum absolute atomic E-state index is 14.3. The SMILES string of the molecule is C=C[C@@]1(C)C[C@H](OC(=O)CSC2CC3CCC(C2)N3C)[C@@]2(C)C(C)CCC3(CCC(=O)C32)[C@H](C)[C@H]1OC(=O)CCCCCCCCCOC(=O)C1=C(Sc2nc(-c3cc[n+](C)cc3)cs2)CSC2[C@H](NC(=O)/C(=N\OCC)c3nsc(N)n3)C(=O)N12. The number of carbonyl (C=O) groups excluding carboxylic acids is 6. The first-order valence-electron chi connectivity index (χ1n) is 30.7. The van der Waals surface area contributed by atoms with E-state index < -0.39 is 52.2 Å². The number of rotatable bonds is 25.